The number of carbonyl (C=O) groups is 2. The molecule has 0 saturated carbocycles. The Balaban J connectivity index is 2.07. The van der Waals surface area contributed by atoms with Gasteiger partial charge in [0.25, 0.3) is 10.0 Å². The van der Waals surface area contributed by atoms with Gasteiger partial charge in [-0.15, -0.1) is 0 Å². The highest BCUT2D eigenvalue weighted by atomic mass is 32.2. The SMILES string of the molecule is CCNC(=O)C(CC)N(Cc1ccccc1C)C(=O)CN(c1cccc(C)c1)S(=O)(=O)c1ccc(C)cc1. The van der Waals surface area contributed by atoms with Crippen LogP contribution in [0.15, 0.2) is 77.7 Å². The first-order chi connectivity index (χ1) is 18.1. The van der Waals surface area contributed by atoms with Gasteiger partial charge < -0.3 is 10.2 Å². The number of likely N-dealkylation sites (N-methyl/N-ethyl adjacent to an activating group) is 1. The molecule has 1 unspecified atom stereocenters. The van der Waals surface area contributed by atoms with Gasteiger partial charge in [-0.3, -0.25) is 13.9 Å². The molecule has 202 valence electrons. The molecule has 0 heterocycles. The molecule has 1 N–H and O–H groups in total. The van der Waals surface area contributed by atoms with Gasteiger partial charge in [-0.1, -0.05) is 61.0 Å². The van der Waals surface area contributed by atoms with Crippen LogP contribution in [0.2, 0.25) is 0 Å². The average Bonchev–Trinajstić information content (AvgIpc) is 2.88. The third-order valence-corrected chi connectivity index (χ3v) is 8.30. The van der Waals surface area contributed by atoms with Gasteiger partial charge in [-0.05, 0) is 75.1 Å². The average molecular weight is 536 g/mol. The van der Waals surface area contributed by atoms with Crippen LogP contribution in [0.5, 0.6) is 0 Å². The van der Waals surface area contributed by atoms with E-state index < -0.39 is 28.5 Å². The monoisotopic (exact) mass is 535 g/mol. The summed E-state index contributed by atoms with van der Waals surface area (Å²) in [6, 6.07) is 20.5. The second kappa shape index (κ2) is 12.7. The Morgan fingerprint density at radius 3 is 2.16 bits per heavy atom. The van der Waals surface area contributed by atoms with Crippen molar-refractivity contribution in [2.45, 2.75) is 58.5 Å². The number of hydrogen-bond donors (Lipinski definition) is 1. The lowest BCUT2D eigenvalue weighted by atomic mass is 10.1. The molecular formula is C30H37N3O4S. The predicted molar refractivity (Wildman–Crippen MR) is 151 cm³/mol. The van der Waals surface area contributed by atoms with Crippen molar-refractivity contribution in [2.24, 2.45) is 0 Å². The normalized spacial score (nSPS) is 12.0. The molecule has 0 radical (unpaired) electrons. The van der Waals surface area contributed by atoms with Crippen LogP contribution in [0.4, 0.5) is 5.69 Å². The highest BCUT2D eigenvalue weighted by molar-refractivity contribution is 7.92. The Morgan fingerprint density at radius 2 is 1.55 bits per heavy atom. The topological polar surface area (TPSA) is 86.8 Å². The summed E-state index contributed by atoms with van der Waals surface area (Å²) >= 11 is 0. The largest absolute Gasteiger partial charge is 0.355 e. The van der Waals surface area contributed by atoms with E-state index in [-0.39, 0.29) is 17.3 Å². The zero-order valence-electron chi connectivity index (χ0n) is 22.8. The summed E-state index contributed by atoms with van der Waals surface area (Å²) in [5, 5.41) is 2.82. The van der Waals surface area contributed by atoms with Gasteiger partial charge in [-0.2, -0.15) is 0 Å². The van der Waals surface area contributed by atoms with Crippen molar-refractivity contribution in [3.8, 4) is 0 Å². The fourth-order valence-electron chi connectivity index (χ4n) is 4.33. The van der Waals surface area contributed by atoms with Crippen molar-refractivity contribution in [1.29, 1.82) is 0 Å². The van der Waals surface area contributed by atoms with E-state index in [1.807, 2.05) is 65.0 Å². The van der Waals surface area contributed by atoms with Crippen molar-refractivity contribution >= 4 is 27.5 Å². The fraction of sp³-hybridized carbons (Fsp3) is 0.333. The Kier molecular flexibility index (Phi) is 9.69. The first-order valence-corrected chi connectivity index (χ1v) is 14.3. The zero-order chi connectivity index (χ0) is 27.9. The number of carbonyl (C=O) groups excluding carboxylic acids is 2. The summed E-state index contributed by atoms with van der Waals surface area (Å²) in [6.45, 7) is 9.55. The molecule has 0 bridgehead atoms. The minimum atomic E-state index is -4.07. The number of sulfonamides is 1. The lowest BCUT2D eigenvalue weighted by Gasteiger charge is -2.33. The molecule has 0 fully saturated rings. The molecule has 0 aromatic heterocycles. The maximum atomic E-state index is 14.0. The molecule has 7 nitrogen and oxygen atoms in total. The molecule has 1 atom stereocenters. The fourth-order valence-corrected chi connectivity index (χ4v) is 5.74. The van der Waals surface area contributed by atoms with E-state index in [1.54, 1.807) is 42.5 Å². The number of anilines is 1. The lowest BCUT2D eigenvalue weighted by molar-refractivity contribution is -0.140. The van der Waals surface area contributed by atoms with Gasteiger partial charge in [-0.25, -0.2) is 8.42 Å². The van der Waals surface area contributed by atoms with Crippen LogP contribution < -0.4 is 9.62 Å². The van der Waals surface area contributed by atoms with Crippen LogP contribution in [-0.4, -0.2) is 44.3 Å². The molecule has 3 aromatic rings. The third kappa shape index (κ3) is 6.81. The molecule has 38 heavy (non-hydrogen) atoms. The number of nitrogens with one attached hydrogen (secondary N) is 1. The third-order valence-electron chi connectivity index (χ3n) is 6.52. The van der Waals surface area contributed by atoms with E-state index in [4.69, 9.17) is 0 Å². The van der Waals surface area contributed by atoms with Crippen LogP contribution in [0, 0.1) is 20.8 Å². The molecule has 0 aliphatic rings. The second-order valence-electron chi connectivity index (χ2n) is 9.43. The lowest BCUT2D eigenvalue weighted by Crippen LogP contribution is -2.52. The summed E-state index contributed by atoms with van der Waals surface area (Å²) in [7, 11) is -4.07. The maximum Gasteiger partial charge on any atom is 0.264 e. The molecule has 0 aliphatic heterocycles. The summed E-state index contributed by atoms with van der Waals surface area (Å²) in [5.41, 5.74) is 4.07. The van der Waals surface area contributed by atoms with E-state index in [0.717, 1.165) is 26.6 Å². The number of rotatable bonds is 11. The number of aryl methyl sites for hydroxylation is 3. The van der Waals surface area contributed by atoms with Crippen LogP contribution in [0.25, 0.3) is 0 Å². The van der Waals surface area contributed by atoms with E-state index >= 15 is 0 Å². The molecule has 0 aliphatic carbocycles. The van der Waals surface area contributed by atoms with Crippen molar-refractivity contribution in [3.63, 3.8) is 0 Å². The molecule has 3 rings (SSSR count). The smallest absolute Gasteiger partial charge is 0.264 e. The Labute approximate surface area is 226 Å². The first-order valence-electron chi connectivity index (χ1n) is 12.9. The van der Waals surface area contributed by atoms with Crippen molar-refractivity contribution in [3.05, 3.63) is 95.1 Å². The Hall–Kier alpha value is -3.65. The molecule has 8 heteroatoms. The number of benzene rings is 3. The molecule has 2 amide bonds. The Bertz CT molecular complexity index is 1370. The molecular weight excluding hydrogens is 498 g/mol. The summed E-state index contributed by atoms with van der Waals surface area (Å²) in [6.07, 6.45) is 0.388. The van der Waals surface area contributed by atoms with Crippen molar-refractivity contribution in [2.75, 3.05) is 17.4 Å². The number of hydrogen-bond acceptors (Lipinski definition) is 4. The highest BCUT2D eigenvalue weighted by Crippen LogP contribution is 2.26. The van der Waals surface area contributed by atoms with Gasteiger partial charge in [0, 0.05) is 13.1 Å². The number of amides is 2. The quantitative estimate of drug-likeness (QED) is 0.384. The minimum Gasteiger partial charge on any atom is -0.355 e. The van der Waals surface area contributed by atoms with E-state index in [0.29, 0.717) is 18.7 Å². The van der Waals surface area contributed by atoms with Crippen LogP contribution in [0.1, 0.15) is 42.5 Å². The van der Waals surface area contributed by atoms with E-state index in [1.165, 1.54) is 4.90 Å². The second-order valence-corrected chi connectivity index (χ2v) is 11.3. The number of nitrogens with zero attached hydrogens (tertiary/aromatic N) is 2. The van der Waals surface area contributed by atoms with Crippen molar-refractivity contribution in [1.82, 2.24) is 10.2 Å². The first kappa shape index (κ1) is 28.9. The molecule has 0 spiro atoms. The van der Waals surface area contributed by atoms with Crippen LogP contribution in [0.3, 0.4) is 0 Å². The standard InChI is InChI=1S/C30H37N3O4S/c1-6-28(30(35)31-7-2)32(20-25-13-9-8-12-24(25)5)29(34)21-33(26-14-10-11-23(4)19-26)38(36,37)27-17-15-22(3)16-18-27/h8-19,28H,6-7,20-21H2,1-5H3,(H,31,35). The van der Waals surface area contributed by atoms with Crippen LogP contribution >= 0.6 is 0 Å². The van der Waals surface area contributed by atoms with Crippen molar-refractivity contribution < 1.29 is 18.0 Å². The van der Waals surface area contributed by atoms with Gasteiger partial charge in [0.2, 0.25) is 11.8 Å². The van der Waals surface area contributed by atoms with Crippen LogP contribution in [-0.2, 0) is 26.2 Å². The predicted octanol–water partition coefficient (Wildman–Crippen LogP) is 4.75. The highest BCUT2D eigenvalue weighted by Gasteiger charge is 2.33. The Morgan fingerprint density at radius 1 is 0.868 bits per heavy atom. The van der Waals surface area contributed by atoms with Gasteiger partial charge in [0.15, 0.2) is 0 Å². The summed E-state index contributed by atoms with van der Waals surface area (Å²) in [4.78, 5) is 28.6. The zero-order valence-corrected chi connectivity index (χ0v) is 23.6. The summed E-state index contributed by atoms with van der Waals surface area (Å²) in [5.74, 6) is -0.719. The maximum absolute atomic E-state index is 14.0. The summed E-state index contributed by atoms with van der Waals surface area (Å²) < 4.78 is 28.9. The molecule has 3 aromatic carbocycles. The van der Waals surface area contributed by atoms with Gasteiger partial charge >= 0.3 is 0 Å². The van der Waals surface area contributed by atoms with E-state index in [9.17, 15) is 18.0 Å². The van der Waals surface area contributed by atoms with Gasteiger partial charge in [0.05, 0.1) is 10.6 Å². The minimum absolute atomic E-state index is 0.0960. The van der Waals surface area contributed by atoms with Gasteiger partial charge in [0.1, 0.15) is 12.6 Å². The molecule has 0 saturated heterocycles. The van der Waals surface area contributed by atoms with E-state index in [2.05, 4.69) is 5.32 Å².